The van der Waals surface area contributed by atoms with Crippen LogP contribution >= 0.6 is 102 Å². The second kappa shape index (κ2) is 25.5. The van der Waals surface area contributed by atoms with Gasteiger partial charge in [-0.25, -0.2) is 0 Å². The van der Waals surface area contributed by atoms with E-state index in [1.54, 1.807) is 9.79 Å². The number of unbranched alkanes of at least 4 members (excludes halogenated alkanes) is 8. The molecule has 2 unspecified atom stereocenters. The first kappa shape index (κ1) is 55.4. The van der Waals surface area contributed by atoms with Crippen LogP contribution in [0.5, 0.6) is 0 Å². The largest absolute Gasteiger partial charge is 0.252 e. The van der Waals surface area contributed by atoms with Gasteiger partial charge in [0.1, 0.15) is 33.5 Å². The van der Waals surface area contributed by atoms with E-state index in [2.05, 4.69) is 115 Å². The summed E-state index contributed by atoms with van der Waals surface area (Å²) >= 11 is 14.1. The van der Waals surface area contributed by atoms with Crippen molar-refractivity contribution in [1.29, 1.82) is 0 Å². The van der Waals surface area contributed by atoms with Gasteiger partial charge in [0.25, 0.3) is 0 Å². The second-order valence-electron chi connectivity index (χ2n) is 21.1. The molecule has 0 amide bonds. The summed E-state index contributed by atoms with van der Waals surface area (Å²) in [7, 11) is -1.48. The summed E-state index contributed by atoms with van der Waals surface area (Å²) in [5.74, 6) is 3.77. The topological polar surface area (TPSA) is 77.3 Å². The van der Waals surface area contributed by atoms with E-state index in [0.29, 0.717) is 11.8 Å². The van der Waals surface area contributed by atoms with Gasteiger partial charge < -0.3 is 0 Å². The van der Waals surface area contributed by atoms with Gasteiger partial charge in [-0.15, -0.1) is 68.0 Å². The Labute approximate surface area is 490 Å². The van der Waals surface area contributed by atoms with Crippen LogP contribution in [0, 0.1) is 11.8 Å². The smallest absolute Gasteiger partial charge is 0.132 e. The molecule has 0 aromatic carbocycles. The number of hydrogen-bond donors (Lipinski definition) is 0. The van der Waals surface area contributed by atoms with E-state index in [1.165, 1.54) is 209 Å². The van der Waals surface area contributed by atoms with Crippen molar-refractivity contribution < 1.29 is 0 Å². The molecule has 77 heavy (non-hydrogen) atoms. The quantitative estimate of drug-likeness (QED) is 0.0455. The van der Waals surface area contributed by atoms with Gasteiger partial charge in [-0.3, -0.25) is 9.97 Å². The third-order valence-corrected chi connectivity index (χ3v) is 28.8. The number of fused-ring (bicyclic) bond motifs is 5. The molecule has 0 N–H and O–H groups in total. The van der Waals surface area contributed by atoms with Crippen molar-refractivity contribution in [2.24, 2.45) is 11.8 Å². The Kier molecular flexibility index (Phi) is 18.4. The van der Waals surface area contributed by atoms with Gasteiger partial charge in [-0.1, -0.05) is 119 Å². The Hall–Kier alpha value is -3.51. The van der Waals surface area contributed by atoms with Crippen molar-refractivity contribution in [2.75, 3.05) is 11.5 Å². The van der Waals surface area contributed by atoms with Crippen LogP contribution in [0.15, 0.2) is 82.8 Å². The maximum absolute atomic E-state index is 5.38. The van der Waals surface area contributed by atoms with Gasteiger partial charge >= 0.3 is 0 Å². The third-order valence-electron chi connectivity index (χ3n) is 15.7. The van der Waals surface area contributed by atoms with Crippen LogP contribution in [-0.4, -0.2) is 39.0 Å². The highest BCUT2D eigenvalue weighted by molar-refractivity contribution is 8.34. The predicted octanol–water partition coefficient (Wildman–Crippen LogP) is 22.7. The number of aryl methyl sites for hydroxylation is 2. The first-order valence-electron chi connectivity index (χ1n) is 28.5. The summed E-state index contributed by atoms with van der Waals surface area (Å²) in [5, 5.41) is 0. The maximum Gasteiger partial charge on any atom is 0.132 e. The van der Waals surface area contributed by atoms with Crippen molar-refractivity contribution in [1.82, 2.24) is 27.5 Å². The van der Waals surface area contributed by atoms with Crippen LogP contribution in [0.4, 0.5) is 0 Å². The van der Waals surface area contributed by atoms with E-state index in [1.807, 2.05) is 68.0 Å². The minimum Gasteiger partial charge on any atom is -0.252 e. The van der Waals surface area contributed by atoms with E-state index in [0.717, 1.165) is 44.6 Å². The Balaban J connectivity index is 0.966. The Morgan fingerprint density at radius 1 is 0.403 bits per heavy atom. The minimum absolute atomic E-state index is 0.655. The van der Waals surface area contributed by atoms with Crippen LogP contribution in [0.25, 0.3) is 93.4 Å². The first-order chi connectivity index (χ1) is 37.9. The molecule has 1 aliphatic heterocycles. The fraction of sp³-hybridized carbons (Fsp3) is 0.452. The van der Waals surface area contributed by atoms with Crippen molar-refractivity contribution in [3.63, 3.8) is 0 Å². The highest BCUT2D eigenvalue weighted by Gasteiger charge is 2.45. The molecule has 0 aliphatic carbocycles. The van der Waals surface area contributed by atoms with Crippen LogP contribution < -0.4 is 0 Å². The number of pyridine rings is 2. The molecule has 2 atom stereocenters. The standard InChI is InChI=1S/C62H72N6S9/c1-7-13-17-19-23-41-25-27-47(69-41)49-31-29-45(71-49)43-35-63-57(59-55(43)65-75-67-59)51-33-53-61(73-51)62-54(77(53,37-39(11-5)21-15-9-3)38-40(12-6)22-16-10-4)34-52(74-62)58-60-56(66-76-68-60)44(36-64-58)46-30-32-50(72-46)48-28-26-42(70-48)24-20-18-14-8-2/h25-36,39-40H,7-24,37-38H2,1-6H3. The summed E-state index contributed by atoms with van der Waals surface area (Å²) in [6.45, 7) is 14.2. The molecule has 1 aliphatic rings. The zero-order valence-electron chi connectivity index (χ0n) is 45.6. The van der Waals surface area contributed by atoms with E-state index in [9.17, 15) is 0 Å². The van der Waals surface area contributed by atoms with Gasteiger partial charge in [0, 0.05) is 72.3 Å². The molecule has 0 radical (unpaired) electrons. The maximum atomic E-state index is 5.38. The number of thiophene rings is 6. The van der Waals surface area contributed by atoms with Crippen LogP contribution in [0.2, 0.25) is 0 Å². The number of aromatic nitrogens is 6. The lowest BCUT2D eigenvalue weighted by Gasteiger charge is -2.42. The van der Waals surface area contributed by atoms with Crippen LogP contribution in [-0.2, 0) is 12.8 Å². The van der Waals surface area contributed by atoms with E-state index in [-0.39, 0.29) is 0 Å². The molecule has 10 aromatic rings. The Morgan fingerprint density at radius 2 is 0.805 bits per heavy atom. The van der Waals surface area contributed by atoms with Gasteiger partial charge in [-0.05, 0) is 123 Å². The molecule has 0 saturated heterocycles. The fourth-order valence-electron chi connectivity index (χ4n) is 11.3. The average molecular weight is 1190 g/mol. The van der Waals surface area contributed by atoms with Crippen molar-refractivity contribution in [3.8, 4) is 71.3 Å². The lowest BCUT2D eigenvalue weighted by molar-refractivity contribution is 0.484. The zero-order chi connectivity index (χ0) is 52.9. The predicted molar refractivity (Wildman–Crippen MR) is 345 cm³/mol. The lowest BCUT2D eigenvalue weighted by Crippen LogP contribution is -2.20. The lowest BCUT2D eigenvalue weighted by atomic mass is 10.0. The first-order valence-corrected chi connectivity index (χ1v) is 36.9. The van der Waals surface area contributed by atoms with E-state index < -0.39 is 10.0 Å². The van der Waals surface area contributed by atoms with Gasteiger partial charge in [0.05, 0.1) is 43.0 Å². The summed E-state index contributed by atoms with van der Waals surface area (Å²) in [4.78, 5) is 29.9. The van der Waals surface area contributed by atoms with E-state index >= 15 is 0 Å². The molecule has 15 heteroatoms. The summed E-state index contributed by atoms with van der Waals surface area (Å²) in [6, 6.07) is 23.6. The Bertz CT molecular complexity index is 3310. The molecule has 11 heterocycles. The monoisotopic (exact) mass is 1190 g/mol. The summed E-state index contributed by atoms with van der Waals surface area (Å²) in [6.07, 6.45) is 26.9. The summed E-state index contributed by atoms with van der Waals surface area (Å²) in [5.41, 5.74) is 7.84. The fourth-order valence-corrected chi connectivity index (χ4v) is 25.6. The molecule has 0 fully saturated rings. The molecular weight excluding hydrogens is 1120 g/mol. The van der Waals surface area contributed by atoms with Gasteiger partial charge in [0.15, 0.2) is 0 Å². The normalized spacial score (nSPS) is 14.3. The molecule has 0 spiro atoms. The van der Waals surface area contributed by atoms with Gasteiger partial charge in [0.2, 0.25) is 0 Å². The van der Waals surface area contributed by atoms with Crippen molar-refractivity contribution >= 4 is 124 Å². The second-order valence-corrected chi connectivity index (χ2v) is 32.1. The summed E-state index contributed by atoms with van der Waals surface area (Å²) < 4.78 is 20.1. The molecule has 6 nitrogen and oxygen atoms in total. The highest BCUT2D eigenvalue weighted by atomic mass is 32.3. The van der Waals surface area contributed by atoms with Crippen molar-refractivity contribution in [3.05, 3.63) is 82.8 Å². The zero-order valence-corrected chi connectivity index (χ0v) is 52.9. The molecule has 0 saturated carbocycles. The number of rotatable bonds is 28. The third kappa shape index (κ3) is 11.6. The highest BCUT2D eigenvalue weighted by Crippen LogP contribution is 2.77. The molecule has 404 valence electrons. The molecule has 0 bridgehead atoms. The molecule has 11 rings (SSSR count). The molecular formula is C62H72N6S9. The minimum atomic E-state index is -1.48. The molecule has 10 aromatic heterocycles. The number of hydrogen-bond acceptors (Lipinski definition) is 14. The van der Waals surface area contributed by atoms with Crippen LogP contribution in [0.1, 0.15) is 154 Å². The van der Waals surface area contributed by atoms with Crippen LogP contribution in [0.3, 0.4) is 0 Å². The van der Waals surface area contributed by atoms with Crippen molar-refractivity contribution in [2.45, 2.75) is 167 Å². The van der Waals surface area contributed by atoms with E-state index in [4.69, 9.17) is 27.5 Å². The average Bonchev–Trinajstić information content (AvgIpc) is 4.45. The number of nitrogens with zero attached hydrogens (tertiary/aromatic N) is 6. The van der Waals surface area contributed by atoms with Gasteiger partial charge in [-0.2, -0.15) is 27.5 Å². The Morgan fingerprint density at radius 3 is 1.23 bits per heavy atom. The SMILES string of the molecule is CCCCCCc1ccc(-c2ccc(-c3cnc(-c4cc5c(s4)-c4sc(-c6ncc(-c7ccc(-c8ccc(CCCCCC)s8)s7)c7nsnc67)cc4S5(CC(CC)CCCC)CC(CC)CCCC)c4nsnc34)s2)s1.